The second-order valence-electron chi connectivity index (χ2n) is 4.79. The van der Waals surface area contributed by atoms with E-state index < -0.39 is 0 Å². The summed E-state index contributed by atoms with van der Waals surface area (Å²) < 4.78 is 5.50. The number of ether oxygens (including phenoxy) is 1. The Hall–Kier alpha value is -2.75. The highest BCUT2D eigenvalue weighted by Crippen LogP contribution is 2.15. The van der Waals surface area contributed by atoms with Crippen molar-refractivity contribution in [3.8, 4) is 11.5 Å². The van der Waals surface area contributed by atoms with Crippen LogP contribution in [0.2, 0.25) is 0 Å². The second-order valence-corrected chi connectivity index (χ2v) is 4.79. The molecule has 0 aliphatic carbocycles. The molecule has 2 rings (SSSR count). The van der Waals surface area contributed by atoms with Crippen LogP contribution < -0.4 is 10.1 Å². The number of nitrogens with one attached hydrogen (secondary N) is 1. The molecule has 2 aromatic rings. The molecule has 0 saturated carbocycles. The Bertz CT molecular complexity index is 630. The third kappa shape index (κ3) is 4.98. The summed E-state index contributed by atoms with van der Waals surface area (Å²) in [6.07, 6.45) is 4.17. The number of anilines is 1. The maximum Gasteiger partial charge on any atom is 0.248 e. The van der Waals surface area contributed by atoms with Crippen LogP contribution in [-0.2, 0) is 4.79 Å². The number of hydrogen-bond acceptors (Lipinski definition) is 3. The quantitative estimate of drug-likeness (QED) is 0.629. The zero-order valence-electron chi connectivity index (χ0n) is 12.5. The zero-order chi connectivity index (χ0) is 15.8. The number of benzene rings is 2. The van der Waals surface area contributed by atoms with Crippen LogP contribution in [0.15, 0.2) is 54.6 Å². The van der Waals surface area contributed by atoms with Crippen molar-refractivity contribution in [2.75, 3.05) is 11.9 Å². The molecule has 0 fully saturated rings. The minimum Gasteiger partial charge on any atom is -0.508 e. The van der Waals surface area contributed by atoms with Gasteiger partial charge in [-0.1, -0.05) is 19.1 Å². The van der Waals surface area contributed by atoms with Gasteiger partial charge in [0.05, 0.1) is 6.61 Å². The maximum atomic E-state index is 11.8. The van der Waals surface area contributed by atoms with Gasteiger partial charge < -0.3 is 15.2 Å². The molecule has 0 spiro atoms. The molecule has 0 heterocycles. The van der Waals surface area contributed by atoms with Crippen LogP contribution in [0.5, 0.6) is 11.5 Å². The average Bonchev–Trinajstić information content (AvgIpc) is 2.54. The van der Waals surface area contributed by atoms with Crippen molar-refractivity contribution in [2.45, 2.75) is 13.3 Å². The van der Waals surface area contributed by atoms with E-state index >= 15 is 0 Å². The molecule has 4 heteroatoms. The molecule has 0 aliphatic heterocycles. The van der Waals surface area contributed by atoms with E-state index in [0.29, 0.717) is 12.3 Å². The summed E-state index contributed by atoms with van der Waals surface area (Å²) in [6.45, 7) is 2.76. The monoisotopic (exact) mass is 297 g/mol. The number of carbonyl (C=O) groups is 1. The lowest BCUT2D eigenvalue weighted by atomic mass is 10.2. The lowest BCUT2D eigenvalue weighted by Gasteiger charge is -2.04. The molecule has 0 atom stereocenters. The molecule has 0 unspecified atom stereocenters. The van der Waals surface area contributed by atoms with E-state index in [0.717, 1.165) is 17.7 Å². The number of hydrogen-bond donors (Lipinski definition) is 2. The first-order valence-corrected chi connectivity index (χ1v) is 7.18. The van der Waals surface area contributed by atoms with Crippen LogP contribution >= 0.6 is 0 Å². The lowest BCUT2D eigenvalue weighted by molar-refractivity contribution is -0.111. The molecule has 114 valence electrons. The van der Waals surface area contributed by atoms with Gasteiger partial charge in [-0.25, -0.2) is 0 Å². The van der Waals surface area contributed by atoms with Crippen molar-refractivity contribution in [3.63, 3.8) is 0 Å². The van der Waals surface area contributed by atoms with Crippen molar-refractivity contribution in [1.29, 1.82) is 0 Å². The van der Waals surface area contributed by atoms with Gasteiger partial charge in [0, 0.05) is 11.8 Å². The molecule has 0 radical (unpaired) electrons. The molecule has 0 bridgehead atoms. The normalized spacial score (nSPS) is 10.6. The Morgan fingerprint density at radius 3 is 2.45 bits per heavy atom. The van der Waals surface area contributed by atoms with Gasteiger partial charge >= 0.3 is 0 Å². The first kappa shape index (κ1) is 15.6. The predicted molar refractivity (Wildman–Crippen MR) is 88.0 cm³/mol. The fraction of sp³-hybridized carbons (Fsp3) is 0.167. The summed E-state index contributed by atoms with van der Waals surface area (Å²) in [7, 11) is 0. The van der Waals surface area contributed by atoms with E-state index in [-0.39, 0.29) is 11.7 Å². The standard InChI is InChI=1S/C18H19NO3/c1-2-13-22-17-10-3-14(4-11-17)5-12-18(21)19-15-6-8-16(20)9-7-15/h3-12,20H,2,13H2,1H3,(H,19,21). The molecule has 2 aromatic carbocycles. The fourth-order valence-electron chi connectivity index (χ4n) is 1.80. The minimum absolute atomic E-state index is 0.166. The lowest BCUT2D eigenvalue weighted by Crippen LogP contribution is -2.07. The van der Waals surface area contributed by atoms with Crippen LogP contribution in [0.4, 0.5) is 5.69 Å². The number of phenolic OH excluding ortho intramolecular Hbond substituents is 1. The Morgan fingerprint density at radius 2 is 1.82 bits per heavy atom. The SMILES string of the molecule is CCCOc1ccc(C=CC(=O)Nc2ccc(O)cc2)cc1. The van der Waals surface area contributed by atoms with Gasteiger partial charge in [-0.2, -0.15) is 0 Å². The van der Waals surface area contributed by atoms with E-state index in [2.05, 4.69) is 12.2 Å². The first-order valence-electron chi connectivity index (χ1n) is 7.18. The second kappa shape index (κ2) is 7.88. The van der Waals surface area contributed by atoms with Crippen molar-refractivity contribution in [1.82, 2.24) is 0 Å². The van der Waals surface area contributed by atoms with Gasteiger partial charge in [0.2, 0.25) is 5.91 Å². The van der Waals surface area contributed by atoms with Crippen LogP contribution in [0, 0.1) is 0 Å². The molecule has 4 nitrogen and oxygen atoms in total. The maximum absolute atomic E-state index is 11.8. The zero-order valence-corrected chi connectivity index (χ0v) is 12.5. The summed E-state index contributed by atoms with van der Waals surface area (Å²) in [5.41, 5.74) is 1.56. The molecule has 0 aromatic heterocycles. The Kier molecular flexibility index (Phi) is 5.60. The topological polar surface area (TPSA) is 58.6 Å². The molecule has 2 N–H and O–H groups in total. The van der Waals surface area contributed by atoms with E-state index in [4.69, 9.17) is 4.74 Å². The molecule has 0 aliphatic rings. The predicted octanol–water partition coefficient (Wildman–Crippen LogP) is 3.83. The van der Waals surface area contributed by atoms with Crippen molar-refractivity contribution in [2.24, 2.45) is 0 Å². The highest BCUT2D eigenvalue weighted by molar-refractivity contribution is 6.01. The van der Waals surface area contributed by atoms with Gasteiger partial charge in [-0.05, 0) is 54.5 Å². The summed E-state index contributed by atoms with van der Waals surface area (Å²) in [5.74, 6) is 0.767. The number of amides is 1. The Labute approximate surface area is 130 Å². The van der Waals surface area contributed by atoms with E-state index in [1.54, 1.807) is 18.2 Å². The number of rotatable bonds is 6. The van der Waals surface area contributed by atoms with Gasteiger partial charge in [0.25, 0.3) is 0 Å². The largest absolute Gasteiger partial charge is 0.508 e. The third-order valence-corrected chi connectivity index (χ3v) is 2.91. The fourth-order valence-corrected chi connectivity index (χ4v) is 1.80. The Morgan fingerprint density at radius 1 is 1.14 bits per heavy atom. The van der Waals surface area contributed by atoms with Crippen LogP contribution in [-0.4, -0.2) is 17.6 Å². The van der Waals surface area contributed by atoms with E-state index in [1.807, 2.05) is 24.3 Å². The van der Waals surface area contributed by atoms with Crippen molar-refractivity contribution in [3.05, 3.63) is 60.2 Å². The molecule has 22 heavy (non-hydrogen) atoms. The van der Waals surface area contributed by atoms with Crippen LogP contribution in [0.1, 0.15) is 18.9 Å². The van der Waals surface area contributed by atoms with Crippen molar-refractivity contribution < 1.29 is 14.6 Å². The highest BCUT2D eigenvalue weighted by Gasteiger charge is 1.98. The number of phenols is 1. The first-order chi connectivity index (χ1) is 10.7. The van der Waals surface area contributed by atoms with E-state index in [9.17, 15) is 9.90 Å². The molecule has 0 saturated heterocycles. The van der Waals surface area contributed by atoms with E-state index in [1.165, 1.54) is 18.2 Å². The molecule has 1 amide bonds. The minimum atomic E-state index is -0.225. The van der Waals surface area contributed by atoms with Gasteiger partial charge in [0.15, 0.2) is 0 Å². The number of carbonyl (C=O) groups excluding carboxylic acids is 1. The third-order valence-electron chi connectivity index (χ3n) is 2.91. The highest BCUT2D eigenvalue weighted by atomic mass is 16.5. The van der Waals surface area contributed by atoms with Gasteiger partial charge in [-0.15, -0.1) is 0 Å². The molecular formula is C18H19NO3. The van der Waals surface area contributed by atoms with Crippen LogP contribution in [0.25, 0.3) is 6.08 Å². The smallest absolute Gasteiger partial charge is 0.248 e. The summed E-state index contributed by atoms with van der Waals surface area (Å²) in [6, 6.07) is 13.9. The summed E-state index contributed by atoms with van der Waals surface area (Å²) in [4.78, 5) is 11.8. The molecular weight excluding hydrogens is 278 g/mol. The number of aromatic hydroxyl groups is 1. The van der Waals surface area contributed by atoms with Crippen LogP contribution in [0.3, 0.4) is 0 Å². The Balaban J connectivity index is 1.90. The summed E-state index contributed by atoms with van der Waals surface area (Å²) in [5, 5.41) is 11.9. The van der Waals surface area contributed by atoms with Gasteiger partial charge in [0.1, 0.15) is 11.5 Å². The average molecular weight is 297 g/mol. The van der Waals surface area contributed by atoms with Gasteiger partial charge in [-0.3, -0.25) is 4.79 Å². The summed E-state index contributed by atoms with van der Waals surface area (Å²) >= 11 is 0. The van der Waals surface area contributed by atoms with Crippen molar-refractivity contribution >= 4 is 17.7 Å².